The highest BCUT2D eigenvalue weighted by atomic mass is 16.3. The van der Waals surface area contributed by atoms with Gasteiger partial charge in [0.2, 0.25) is 5.91 Å². The number of rotatable bonds is 3. The fourth-order valence-electron chi connectivity index (χ4n) is 1.52. The zero-order valence-corrected chi connectivity index (χ0v) is 8.93. The van der Waals surface area contributed by atoms with E-state index in [4.69, 9.17) is 10.2 Å². The molecule has 0 fully saturated rings. The Morgan fingerprint density at radius 1 is 1.62 bits per heavy atom. The van der Waals surface area contributed by atoms with Crippen molar-refractivity contribution in [2.45, 2.75) is 12.5 Å². The van der Waals surface area contributed by atoms with Crippen molar-refractivity contribution < 1.29 is 9.21 Å². The number of nitrogens with zero attached hydrogens (tertiary/aromatic N) is 1. The van der Waals surface area contributed by atoms with Crippen LogP contribution in [-0.4, -0.2) is 17.9 Å². The van der Waals surface area contributed by atoms with Crippen molar-refractivity contribution in [1.29, 1.82) is 0 Å². The summed E-state index contributed by atoms with van der Waals surface area (Å²) in [5.74, 6) is -0.0785. The largest absolute Gasteiger partial charge is 0.443 e. The molecule has 0 saturated heterocycles. The molecule has 1 heterocycles. The molecule has 0 aliphatic carbocycles. The van der Waals surface area contributed by atoms with Crippen LogP contribution in [-0.2, 0) is 4.79 Å². The molecule has 0 saturated carbocycles. The Balaban J connectivity index is 2.22. The lowest BCUT2D eigenvalue weighted by molar-refractivity contribution is -0.120. The third-order valence-electron chi connectivity index (χ3n) is 2.47. The summed E-state index contributed by atoms with van der Waals surface area (Å²) in [5, 5.41) is 2.54. The van der Waals surface area contributed by atoms with Crippen molar-refractivity contribution in [1.82, 2.24) is 10.3 Å². The second-order valence-electron chi connectivity index (χ2n) is 3.56. The van der Waals surface area contributed by atoms with Crippen molar-refractivity contribution in [2.24, 2.45) is 5.73 Å². The molecule has 5 nitrogen and oxygen atoms in total. The first-order chi connectivity index (χ1) is 7.70. The Hall–Kier alpha value is -1.88. The number of fused-ring (bicyclic) bond motifs is 1. The smallest absolute Gasteiger partial charge is 0.221 e. The molecule has 1 aromatic carbocycles. The van der Waals surface area contributed by atoms with Crippen LogP contribution in [0.2, 0.25) is 0 Å². The van der Waals surface area contributed by atoms with Crippen LogP contribution in [0.25, 0.3) is 11.1 Å². The van der Waals surface area contributed by atoms with Gasteiger partial charge in [0.05, 0.1) is 0 Å². The van der Waals surface area contributed by atoms with Gasteiger partial charge in [-0.15, -0.1) is 0 Å². The summed E-state index contributed by atoms with van der Waals surface area (Å²) in [4.78, 5) is 15.2. The molecule has 1 aromatic heterocycles. The van der Waals surface area contributed by atoms with Gasteiger partial charge in [0.1, 0.15) is 5.52 Å². The average Bonchev–Trinajstić information content (AvgIpc) is 2.75. The number of hydrogen-bond donors (Lipinski definition) is 2. The third-order valence-corrected chi connectivity index (χ3v) is 2.47. The Bertz CT molecular complexity index is 507. The number of hydrogen-bond acceptors (Lipinski definition) is 4. The minimum atomic E-state index is -0.325. The molecule has 5 heteroatoms. The molecule has 0 spiro atoms. The fourth-order valence-corrected chi connectivity index (χ4v) is 1.52. The Kier molecular flexibility index (Phi) is 2.87. The maximum atomic E-state index is 11.2. The number of carbonyl (C=O) groups excluding carboxylic acids is 1. The van der Waals surface area contributed by atoms with Gasteiger partial charge < -0.3 is 15.5 Å². The lowest BCUT2D eigenvalue weighted by Crippen LogP contribution is -2.24. The van der Waals surface area contributed by atoms with Crippen molar-refractivity contribution in [3.63, 3.8) is 0 Å². The molecule has 0 aliphatic rings. The molecule has 1 unspecified atom stereocenters. The molecule has 1 atom stereocenters. The van der Waals surface area contributed by atoms with E-state index in [1.807, 2.05) is 18.2 Å². The van der Waals surface area contributed by atoms with E-state index in [9.17, 15) is 4.79 Å². The second kappa shape index (κ2) is 4.32. The van der Waals surface area contributed by atoms with Crippen molar-refractivity contribution in [2.75, 3.05) is 7.05 Å². The highest BCUT2D eigenvalue weighted by Crippen LogP contribution is 2.20. The quantitative estimate of drug-likeness (QED) is 0.805. The molecule has 0 bridgehead atoms. The normalized spacial score (nSPS) is 12.6. The minimum Gasteiger partial charge on any atom is -0.443 e. The van der Waals surface area contributed by atoms with Gasteiger partial charge in [0.15, 0.2) is 12.0 Å². The Morgan fingerprint density at radius 3 is 3.19 bits per heavy atom. The zero-order valence-electron chi connectivity index (χ0n) is 8.93. The highest BCUT2D eigenvalue weighted by Gasteiger charge is 2.11. The van der Waals surface area contributed by atoms with Crippen LogP contribution in [0, 0.1) is 0 Å². The van der Waals surface area contributed by atoms with Gasteiger partial charge in [-0.3, -0.25) is 4.79 Å². The van der Waals surface area contributed by atoms with E-state index >= 15 is 0 Å². The Labute approximate surface area is 92.6 Å². The van der Waals surface area contributed by atoms with Crippen LogP contribution in [0.1, 0.15) is 18.0 Å². The first-order valence-corrected chi connectivity index (χ1v) is 5.00. The van der Waals surface area contributed by atoms with Gasteiger partial charge in [-0.25, -0.2) is 4.98 Å². The maximum absolute atomic E-state index is 11.2. The van der Waals surface area contributed by atoms with Crippen LogP contribution in [0.4, 0.5) is 0 Å². The molecule has 1 amide bonds. The van der Waals surface area contributed by atoms with E-state index in [1.54, 1.807) is 7.05 Å². The van der Waals surface area contributed by atoms with E-state index in [0.29, 0.717) is 5.58 Å². The van der Waals surface area contributed by atoms with E-state index in [-0.39, 0.29) is 18.4 Å². The standard InChI is InChI=1S/C11H13N3O2/c1-13-11(15)5-8(12)7-2-3-9-10(4-7)16-6-14-9/h2-4,6,8H,5,12H2,1H3,(H,13,15). The number of benzene rings is 1. The lowest BCUT2D eigenvalue weighted by Gasteiger charge is -2.10. The molecular formula is C11H13N3O2. The summed E-state index contributed by atoms with van der Waals surface area (Å²) >= 11 is 0. The molecule has 84 valence electrons. The monoisotopic (exact) mass is 219 g/mol. The fraction of sp³-hybridized carbons (Fsp3) is 0.273. The number of oxazole rings is 1. The third kappa shape index (κ3) is 2.04. The first kappa shape index (κ1) is 10.6. The molecular weight excluding hydrogens is 206 g/mol. The van der Waals surface area contributed by atoms with Gasteiger partial charge in [0.25, 0.3) is 0 Å². The summed E-state index contributed by atoms with van der Waals surface area (Å²) in [6.45, 7) is 0. The van der Waals surface area contributed by atoms with Gasteiger partial charge in [0, 0.05) is 19.5 Å². The SMILES string of the molecule is CNC(=O)CC(N)c1ccc2ncoc2c1. The van der Waals surface area contributed by atoms with Gasteiger partial charge in [-0.1, -0.05) is 6.07 Å². The maximum Gasteiger partial charge on any atom is 0.221 e. The summed E-state index contributed by atoms with van der Waals surface area (Å²) in [6, 6.07) is 5.18. The predicted molar refractivity (Wildman–Crippen MR) is 59.6 cm³/mol. The topological polar surface area (TPSA) is 81.2 Å². The number of amides is 1. The highest BCUT2D eigenvalue weighted by molar-refractivity contribution is 5.77. The molecule has 2 aromatic rings. The van der Waals surface area contributed by atoms with Crippen LogP contribution >= 0.6 is 0 Å². The summed E-state index contributed by atoms with van der Waals surface area (Å²) in [7, 11) is 1.59. The van der Waals surface area contributed by atoms with E-state index in [1.165, 1.54) is 6.39 Å². The van der Waals surface area contributed by atoms with Crippen molar-refractivity contribution in [3.05, 3.63) is 30.2 Å². The van der Waals surface area contributed by atoms with Crippen LogP contribution in [0.15, 0.2) is 29.0 Å². The van der Waals surface area contributed by atoms with Crippen molar-refractivity contribution in [3.8, 4) is 0 Å². The van der Waals surface area contributed by atoms with E-state index < -0.39 is 0 Å². The molecule has 16 heavy (non-hydrogen) atoms. The van der Waals surface area contributed by atoms with E-state index in [0.717, 1.165) is 11.1 Å². The van der Waals surface area contributed by atoms with Crippen molar-refractivity contribution >= 4 is 17.0 Å². The molecule has 3 N–H and O–H groups in total. The number of nitrogens with two attached hydrogens (primary N) is 1. The number of aromatic nitrogens is 1. The summed E-state index contributed by atoms with van der Waals surface area (Å²) in [5.41, 5.74) is 8.25. The summed E-state index contributed by atoms with van der Waals surface area (Å²) < 4.78 is 5.17. The van der Waals surface area contributed by atoms with Crippen LogP contribution in [0.5, 0.6) is 0 Å². The second-order valence-corrected chi connectivity index (χ2v) is 3.56. The predicted octanol–water partition coefficient (Wildman–Crippen LogP) is 0.964. The minimum absolute atomic E-state index is 0.0785. The average molecular weight is 219 g/mol. The Morgan fingerprint density at radius 2 is 2.44 bits per heavy atom. The molecule has 0 aliphatic heterocycles. The number of nitrogens with one attached hydrogen (secondary N) is 1. The zero-order chi connectivity index (χ0) is 11.5. The molecule has 0 radical (unpaired) electrons. The lowest BCUT2D eigenvalue weighted by atomic mass is 10.0. The van der Waals surface area contributed by atoms with E-state index in [2.05, 4.69) is 10.3 Å². The number of carbonyl (C=O) groups is 1. The van der Waals surface area contributed by atoms with Gasteiger partial charge in [-0.2, -0.15) is 0 Å². The van der Waals surface area contributed by atoms with Gasteiger partial charge in [-0.05, 0) is 17.7 Å². The molecule has 2 rings (SSSR count). The summed E-state index contributed by atoms with van der Waals surface area (Å²) in [6.07, 6.45) is 1.65. The van der Waals surface area contributed by atoms with Crippen LogP contribution in [0.3, 0.4) is 0 Å². The first-order valence-electron chi connectivity index (χ1n) is 5.00. The van der Waals surface area contributed by atoms with Gasteiger partial charge >= 0.3 is 0 Å². The van der Waals surface area contributed by atoms with Crippen LogP contribution < -0.4 is 11.1 Å².